The van der Waals surface area contributed by atoms with E-state index in [2.05, 4.69) is 10.3 Å². The summed E-state index contributed by atoms with van der Waals surface area (Å²) in [5.74, 6) is -1.54. The van der Waals surface area contributed by atoms with Gasteiger partial charge in [-0.25, -0.2) is 0 Å². The molecule has 2 fully saturated rings. The average Bonchev–Trinajstić information content (AvgIpc) is 2.82. The van der Waals surface area contributed by atoms with Gasteiger partial charge in [-0.1, -0.05) is 11.8 Å². The number of carbonyl (C=O) groups excluding carboxylic acids is 4. The number of hydrogen-bond acceptors (Lipinski definition) is 5. The Kier molecular flexibility index (Phi) is 3.70. The fourth-order valence-corrected chi connectivity index (χ4v) is 2.64. The second kappa shape index (κ2) is 5.12. The Labute approximate surface area is 113 Å². The predicted octanol–water partition coefficient (Wildman–Crippen LogP) is -0.342. The van der Waals surface area contributed by atoms with Crippen molar-refractivity contribution in [2.45, 2.75) is 38.0 Å². The van der Waals surface area contributed by atoms with Crippen LogP contribution in [-0.2, 0) is 19.2 Å². The van der Waals surface area contributed by atoms with Gasteiger partial charge in [-0.15, -0.1) is 0 Å². The molecule has 4 amide bonds. The molecule has 0 bridgehead atoms. The van der Waals surface area contributed by atoms with Crippen LogP contribution in [0.2, 0.25) is 0 Å². The second-order valence-corrected chi connectivity index (χ2v) is 5.67. The Morgan fingerprint density at radius 3 is 2.42 bits per heavy atom. The van der Waals surface area contributed by atoms with Gasteiger partial charge in [0.15, 0.2) is 5.17 Å². The maximum atomic E-state index is 11.9. The Balaban J connectivity index is 2.08. The largest absolute Gasteiger partial charge is 0.304 e. The molecule has 0 spiro atoms. The molecule has 0 aromatic carbocycles. The number of hydrogen-bond donors (Lipinski definition) is 1. The number of thioether (sulfide) groups is 1. The zero-order valence-electron chi connectivity index (χ0n) is 10.5. The number of imide groups is 1. The maximum absolute atomic E-state index is 11.9. The first-order chi connectivity index (χ1) is 8.90. The molecular weight excluding hydrogens is 270 g/mol. The normalized spacial score (nSPS) is 27.1. The van der Waals surface area contributed by atoms with E-state index in [1.807, 2.05) is 0 Å². The van der Waals surface area contributed by atoms with E-state index < -0.39 is 11.9 Å². The number of nitrogens with one attached hydrogen (secondary N) is 1. The Bertz CT molecular complexity index is 486. The van der Waals surface area contributed by atoms with E-state index in [-0.39, 0.29) is 41.0 Å². The van der Waals surface area contributed by atoms with Gasteiger partial charge in [0.2, 0.25) is 17.7 Å². The van der Waals surface area contributed by atoms with Crippen LogP contribution in [0.1, 0.15) is 26.7 Å². The van der Waals surface area contributed by atoms with Crippen LogP contribution in [-0.4, -0.2) is 45.0 Å². The summed E-state index contributed by atoms with van der Waals surface area (Å²) in [5.41, 5.74) is 0. The van der Waals surface area contributed by atoms with Crippen LogP contribution in [0.4, 0.5) is 0 Å². The first-order valence-electron chi connectivity index (χ1n) is 5.85. The van der Waals surface area contributed by atoms with Crippen molar-refractivity contribution in [2.24, 2.45) is 4.99 Å². The van der Waals surface area contributed by atoms with E-state index in [1.165, 1.54) is 6.92 Å². The average molecular weight is 283 g/mol. The highest BCUT2D eigenvalue weighted by atomic mass is 32.2. The maximum Gasteiger partial charge on any atom is 0.271 e. The highest BCUT2D eigenvalue weighted by Crippen LogP contribution is 2.20. The lowest BCUT2D eigenvalue weighted by atomic mass is 10.3. The molecule has 2 aliphatic rings. The molecule has 0 radical (unpaired) electrons. The van der Waals surface area contributed by atoms with E-state index in [4.69, 9.17) is 0 Å². The van der Waals surface area contributed by atoms with Gasteiger partial charge in [0.05, 0.1) is 5.25 Å². The lowest BCUT2D eigenvalue weighted by Gasteiger charge is -2.19. The molecule has 1 N–H and O–H groups in total. The predicted molar refractivity (Wildman–Crippen MR) is 68.2 cm³/mol. The van der Waals surface area contributed by atoms with Crippen molar-refractivity contribution in [2.75, 3.05) is 0 Å². The van der Waals surface area contributed by atoms with Crippen LogP contribution in [0.15, 0.2) is 4.99 Å². The molecule has 0 aromatic heterocycles. The van der Waals surface area contributed by atoms with Gasteiger partial charge >= 0.3 is 0 Å². The zero-order valence-corrected chi connectivity index (χ0v) is 11.3. The van der Waals surface area contributed by atoms with Crippen LogP contribution in [0.25, 0.3) is 0 Å². The SMILES string of the molecule is CC1SC(=NC(=O)C(C)N2C(=O)CCC2=O)NC1=O. The van der Waals surface area contributed by atoms with Crippen molar-refractivity contribution < 1.29 is 19.2 Å². The molecule has 0 aliphatic carbocycles. The Morgan fingerprint density at radius 2 is 1.95 bits per heavy atom. The Hall–Kier alpha value is -1.70. The van der Waals surface area contributed by atoms with Gasteiger partial charge in [0.25, 0.3) is 5.91 Å². The molecule has 2 rings (SSSR count). The molecule has 2 atom stereocenters. The first kappa shape index (κ1) is 13.7. The van der Waals surface area contributed by atoms with E-state index in [1.54, 1.807) is 6.92 Å². The molecular formula is C11H13N3O4S. The van der Waals surface area contributed by atoms with Crippen molar-refractivity contribution in [3.8, 4) is 0 Å². The first-order valence-corrected chi connectivity index (χ1v) is 6.73. The molecule has 7 nitrogen and oxygen atoms in total. The molecule has 0 aromatic rings. The summed E-state index contributed by atoms with van der Waals surface area (Å²) in [6.45, 7) is 3.16. The van der Waals surface area contributed by atoms with Gasteiger partial charge in [0, 0.05) is 12.8 Å². The molecule has 0 saturated carbocycles. The fraction of sp³-hybridized carbons (Fsp3) is 0.545. The molecule has 2 unspecified atom stereocenters. The number of amides is 4. The van der Waals surface area contributed by atoms with Gasteiger partial charge < -0.3 is 5.32 Å². The van der Waals surface area contributed by atoms with Gasteiger partial charge in [0.1, 0.15) is 6.04 Å². The van der Waals surface area contributed by atoms with Crippen LogP contribution in [0, 0.1) is 0 Å². The summed E-state index contributed by atoms with van der Waals surface area (Å²) in [4.78, 5) is 50.8. The highest BCUT2D eigenvalue weighted by molar-refractivity contribution is 8.15. The standard InChI is InChI=1S/C11H13N3O4S/c1-5(14-7(15)3-4-8(14)16)9(17)12-11-13-10(18)6(2)19-11/h5-6H,3-4H2,1-2H3,(H,12,13,17,18). The van der Waals surface area contributed by atoms with Crippen LogP contribution >= 0.6 is 11.8 Å². The summed E-state index contributed by atoms with van der Waals surface area (Å²) in [6.07, 6.45) is 0.269. The minimum absolute atomic E-state index is 0.134. The van der Waals surface area contributed by atoms with Gasteiger partial charge in [-0.2, -0.15) is 4.99 Å². The lowest BCUT2D eigenvalue weighted by molar-refractivity contribution is -0.145. The quantitative estimate of drug-likeness (QED) is 0.699. The van der Waals surface area contributed by atoms with Crippen molar-refractivity contribution in [3.05, 3.63) is 0 Å². The molecule has 2 aliphatic heterocycles. The molecule has 19 heavy (non-hydrogen) atoms. The summed E-state index contributed by atoms with van der Waals surface area (Å²) in [6, 6.07) is -0.927. The zero-order chi connectivity index (χ0) is 14.2. The third-order valence-electron chi connectivity index (χ3n) is 2.93. The third-order valence-corrected chi connectivity index (χ3v) is 3.92. The van der Waals surface area contributed by atoms with E-state index in [0.717, 1.165) is 16.7 Å². The van der Waals surface area contributed by atoms with Gasteiger partial charge in [-0.3, -0.25) is 24.1 Å². The third kappa shape index (κ3) is 2.67. The fourth-order valence-electron chi connectivity index (χ4n) is 1.84. The van der Waals surface area contributed by atoms with E-state index in [0.29, 0.717) is 0 Å². The summed E-state index contributed by atoms with van der Waals surface area (Å²) in [5, 5.41) is 2.39. The van der Waals surface area contributed by atoms with Crippen LogP contribution < -0.4 is 5.32 Å². The molecule has 8 heteroatoms. The van der Waals surface area contributed by atoms with Crippen molar-refractivity contribution >= 4 is 40.6 Å². The van der Waals surface area contributed by atoms with E-state index >= 15 is 0 Å². The summed E-state index contributed by atoms with van der Waals surface area (Å²) < 4.78 is 0. The minimum Gasteiger partial charge on any atom is -0.304 e. The van der Waals surface area contributed by atoms with Crippen molar-refractivity contribution in [3.63, 3.8) is 0 Å². The second-order valence-electron chi connectivity index (χ2n) is 4.34. The van der Waals surface area contributed by atoms with Gasteiger partial charge in [-0.05, 0) is 13.8 Å². The number of rotatable bonds is 2. The molecule has 102 valence electrons. The van der Waals surface area contributed by atoms with Crippen LogP contribution in [0.3, 0.4) is 0 Å². The Morgan fingerprint density at radius 1 is 1.37 bits per heavy atom. The monoisotopic (exact) mass is 283 g/mol. The summed E-state index contributed by atoms with van der Waals surface area (Å²) in [7, 11) is 0. The van der Waals surface area contributed by atoms with Crippen LogP contribution in [0.5, 0.6) is 0 Å². The minimum atomic E-state index is -0.927. The van der Waals surface area contributed by atoms with Crippen molar-refractivity contribution in [1.29, 1.82) is 0 Å². The molecule has 2 heterocycles. The smallest absolute Gasteiger partial charge is 0.271 e. The number of aliphatic imine (C=N–C) groups is 1. The summed E-state index contributed by atoms with van der Waals surface area (Å²) >= 11 is 1.14. The molecule has 2 saturated heterocycles. The number of likely N-dealkylation sites (tertiary alicyclic amines) is 1. The number of nitrogens with zero attached hydrogens (tertiary/aromatic N) is 2. The van der Waals surface area contributed by atoms with Crippen molar-refractivity contribution in [1.82, 2.24) is 10.2 Å². The lowest BCUT2D eigenvalue weighted by Crippen LogP contribution is -2.42. The number of carbonyl (C=O) groups is 4. The number of amidine groups is 1. The topological polar surface area (TPSA) is 95.9 Å². The highest BCUT2D eigenvalue weighted by Gasteiger charge is 2.36. The van der Waals surface area contributed by atoms with E-state index in [9.17, 15) is 19.2 Å².